The molecule has 2 rings (SSSR count). The number of thiophene rings is 1. The number of rotatable bonds is 1. The van der Waals surface area contributed by atoms with Crippen molar-refractivity contribution in [3.8, 4) is 0 Å². The van der Waals surface area contributed by atoms with Gasteiger partial charge in [0.25, 0.3) is 5.91 Å². The summed E-state index contributed by atoms with van der Waals surface area (Å²) in [4.78, 5) is 14.8. The van der Waals surface area contributed by atoms with E-state index in [0.29, 0.717) is 9.90 Å². The van der Waals surface area contributed by atoms with E-state index in [1.165, 1.54) is 11.3 Å². The second-order valence-electron chi connectivity index (χ2n) is 4.11. The molecular formula is C11H15ClN2OS. The highest BCUT2D eigenvalue weighted by Gasteiger charge is 2.26. The molecule has 0 spiro atoms. The van der Waals surface area contributed by atoms with E-state index in [1.807, 2.05) is 17.2 Å². The van der Waals surface area contributed by atoms with Gasteiger partial charge >= 0.3 is 0 Å². The first-order chi connectivity index (χ1) is 7.61. The van der Waals surface area contributed by atoms with Crippen LogP contribution >= 0.6 is 22.9 Å². The van der Waals surface area contributed by atoms with E-state index >= 15 is 0 Å². The van der Waals surface area contributed by atoms with Crippen molar-refractivity contribution in [2.75, 3.05) is 19.6 Å². The summed E-state index contributed by atoms with van der Waals surface area (Å²) in [6, 6.07) is 0.236. The quantitative estimate of drug-likeness (QED) is 0.837. The number of aryl methyl sites for hydroxylation is 1. The molecule has 0 radical (unpaired) electrons. The van der Waals surface area contributed by atoms with Gasteiger partial charge < -0.3 is 10.2 Å². The largest absolute Gasteiger partial charge is 0.333 e. The first-order valence-corrected chi connectivity index (χ1v) is 6.62. The number of carbonyl (C=O) groups excluding carboxylic acids is 1. The molecule has 0 aliphatic carbocycles. The molecule has 16 heavy (non-hydrogen) atoms. The smallest absolute Gasteiger partial charge is 0.265 e. The van der Waals surface area contributed by atoms with Gasteiger partial charge in [-0.25, -0.2) is 0 Å². The van der Waals surface area contributed by atoms with E-state index in [-0.39, 0.29) is 11.9 Å². The summed E-state index contributed by atoms with van der Waals surface area (Å²) in [5.74, 6) is 0.0668. The van der Waals surface area contributed by atoms with E-state index in [0.717, 1.165) is 25.2 Å². The van der Waals surface area contributed by atoms with Gasteiger partial charge in [0.1, 0.15) is 4.88 Å². The molecule has 1 unspecified atom stereocenters. The third-order valence-corrected chi connectivity index (χ3v) is 4.54. The fraction of sp³-hybridized carbons (Fsp3) is 0.545. The third-order valence-electron chi connectivity index (χ3n) is 2.86. The minimum Gasteiger partial charge on any atom is -0.333 e. The number of nitrogens with zero attached hydrogens (tertiary/aromatic N) is 1. The topological polar surface area (TPSA) is 32.3 Å². The Kier molecular flexibility index (Phi) is 3.52. The summed E-state index contributed by atoms with van der Waals surface area (Å²) in [7, 11) is 0. The Morgan fingerprint density at radius 2 is 2.44 bits per heavy atom. The number of amides is 1. The molecule has 1 amide bonds. The lowest BCUT2D eigenvalue weighted by Gasteiger charge is -2.33. The Morgan fingerprint density at radius 1 is 1.69 bits per heavy atom. The second kappa shape index (κ2) is 4.73. The van der Waals surface area contributed by atoms with Crippen LogP contribution in [-0.2, 0) is 0 Å². The van der Waals surface area contributed by atoms with Gasteiger partial charge in [-0.2, -0.15) is 0 Å². The maximum atomic E-state index is 12.3. The van der Waals surface area contributed by atoms with Crippen LogP contribution < -0.4 is 5.32 Å². The van der Waals surface area contributed by atoms with Gasteiger partial charge in [-0.05, 0) is 24.8 Å². The average molecular weight is 259 g/mol. The van der Waals surface area contributed by atoms with Crippen LogP contribution in [0, 0.1) is 6.92 Å². The maximum absolute atomic E-state index is 12.3. The van der Waals surface area contributed by atoms with Crippen LogP contribution in [0.5, 0.6) is 0 Å². The first-order valence-electron chi connectivity index (χ1n) is 5.36. The van der Waals surface area contributed by atoms with Crippen molar-refractivity contribution in [3.63, 3.8) is 0 Å². The summed E-state index contributed by atoms with van der Waals surface area (Å²) in [6.45, 7) is 6.45. The molecule has 1 fully saturated rings. The zero-order valence-electron chi connectivity index (χ0n) is 9.42. The number of piperazine rings is 1. The van der Waals surface area contributed by atoms with Crippen LogP contribution in [0.3, 0.4) is 0 Å². The van der Waals surface area contributed by atoms with Crippen molar-refractivity contribution in [2.45, 2.75) is 19.9 Å². The van der Waals surface area contributed by atoms with Gasteiger partial charge in [-0.1, -0.05) is 11.6 Å². The van der Waals surface area contributed by atoms with E-state index in [4.69, 9.17) is 11.6 Å². The molecule has 1 atom stereocenters. The van der Waals surface area contributed by atoms with E-state index in [1.54, 1.807) is 0 Å². The van der Waals surface area contributed by atoms with Crippen molar-refractivity contribution in [3.05, 3.63) is 20.8 Å². The van der Waals surface area contributed by atoms with Gasteiger partial charge in [0.05, 0.1) is 5.02 Å². The Labute approximate surface area is 104 Å². The summed E-state index contributed by atoms with van der Waals surface area (Å²) >= 11 is 7.55. The Bertz CT molecular complexity index is 405. The summed E-state index contributed by atoms with van der Waals surface area (Å²) in [5.41, 5.74) is 0.984. The zero-order chi connectivity index (χ0) is 11.7. The predicted molar refractivity (Wildman–Crippen MR) is 67.4 cm³/mol. The van der Waals surface area contributed by atoms with Crippen molar-refractivity contribution >= 4 is 28.8 Å². The van der Waals surface area contributed by atoms with Crippen LogP contribution in [0.25, 0.3) is 0 Å². The molecule has 1 aromatic rings. The van der Waals surface area contributed by atoms with Gasteiger partial charge in [0.2, 0.25) is 0 Å². The highest BCUT2D eigenvalue weighted by molar-refractivity contribution is 7.13. The monoisotopic (exact) mass is 258 g/mol. The normalized spacial score (nSPS) is 21.2. The molecule has 1 aliphatic rings. The summed E-state index contributed by atoms with van der Waals surface area (Å²) in [6.07, 6.45) is 0. The van der Waals surface area contributed by atoms with Crippen LogP contribution in [0.15, 0.2) is 5.38 Å². The number of halogens is 1. The molecule has 0 bridgehead atoms. The van der Waals surface area contributed by atoms with Crippen molar-refractivity contribution in [2.24, 2.45) is 0 Å². The van der Waals surface area contributed by atoms with Crippen molar-refractivity contribution in [1.82, 2.24) is 10.2 Å². The Morgan fingerprint density at radius 3 is 3.00 bits per heavy atom. The van der Waals surface area contributed by atoms with E-state index < -0.39 is 0 Å². The second-order valence-corrected chi connectivity index (χ2v) is 5.37. The number of nitrogens with one attached hydrogen (secondary N) is 1. The van der Waals surface area contributed by atoms with Crippen LogP contribution in [0.1, 0.15) is 22.2 Å². The van der Waals surface area contributed by atoms with Gasteiger partial charge in [-0.15, -0.1) is 11.3 Å². The summed E-state index contributed by atoms with van der Waals surface area (Å²) < 4.78 is 0. The lowest BCUT2D eigenvalue weighted by molar-refractivity contribution is 0.0661. The number of carbonyl (C=O) groups is 1. The van der Waals surface area contributed by atoms with Crippen LogP contribution in [-0.4, -0.2) is 36.5 Å². The molecule has 0 saturated carbocycles. The molecule has 1 saturated heterocycles. The highest BCUT2D eigenvalue weighted by atomic mass is 35.5. The fourth-order valence-corrected chi connectivity index (χ4v) is 3.08. The van der Waals surface area contributed by atoms with Gasteiger partial charge in [-0.3, -0.25) is 4.79 Å². The molecule has 0 aromatic carbocycles. The summed E-state index contributed by atoms with van der Waals surface area (Å²) in [5, 5.41) is 5.81. The highest BCUT2D eigenvalue weighted by Crippen LogP contribution is 2.28. The fourth-order valence-electron chi connectivity index (χ4n) is 1.85. The lowest BCUT2D eigenvalue weighted by Crippen LogP contribution is -2.52. The van der Waals surface area contributed by atoms with Gasteiger partial charge in [0, 0.05) is 25.7 Å². The average Bonchev–Trinajstić information content (AvgIpc) is 2.60. The molecular weight excluding hydrogens is 244 g/mol. The Hall–Kier alpha value is -0.580. The van der Waals surface area contributed by atoms with Crippen LogP contribution in [0.4, 0.5) is 0 Å². The van der Waals surface area contributed by atoms with Crippen molar-refractivity contribution in [1.29, 1.82) is 0 Å². The minimum atomic E-state index is 0.0668. The molecule has 1 N–H and O–H groups in total. The zero-order valence-corrected chi connectivity index (χ0v) is 11.0. The maximum Gasteiger partial charge on any atom is 0.265 e. The molecule has 5 heteroatoms. The van der Waals surface area contributed by atoms with E-state index in [2.05, 4.69) is 12.2 Å². The molecule has 1 aliphatic heterocycles. The SMILES string of the molecule is Cc1csc(C(=O)N2CCNCC2C)c1Cl. The van der Waals surface area contributed by atoms with E-state index in [9.17, 15) is 4.79 Å². The number of hydrogen-bond acceptors (Lipinski definition) is 3. The first kappa shape index (κ1) is 11.9. The lowest BCUT2D eigenvalue weighted by atomic mass is 10.2. The molecule has 2 heterocycles. The third kappa shape index (κ3) is 2.10. The van der Waals surface area contributed by atoms with Gasteiger partial charge in [0.15, 0.2) is 0 Å². The molecule has 3 nitrogen and oxygen atoms in total. The number of hydrogen-bond donors (Lipinski definition) is 1. The molecule has 88 valence electrons. The standard InChI is InChI=1S/C11H15ClN2OS/c1-7-6-16-10(9(7)12)11(15)14-4-3-13-5-8(14)2/h6,8,13H,3-5H2,1-2H3. The van der Waals surface area contributed by atoms with Crippen LogP contribution in [0.2, 0.25) is 5.02 Å². The Balaban J connectivity index is 2.21. The predicted octanol–water partition coefficient (Wildman–Crippen LogP) is 2.14. The molecule has 1 aromatic heterocycles. The van der Waals surface area contributed by atoms with Crippen molar-refractivity contribution < 1.29 is 4.79 Å². The minimum absolute atomic E-state index is 0.0668.